The molecular formula is C32H41ClN2O4. The summed E-state index contributed by atoms with van der Waals surface area (Å²) < 4.78 is 6.04. The molecule has 1 aliphatic carbocycles. The topological polar surface area (TPSA) is 70.1 Å². The number of nitrogens with zero attached hydrogens (tertiary/aromatic N) is 2. The molecule has 2 aliphatic heterocycles. The summed E-state index contributed by atoms with van der Waals surface area (Å²) in [6, 6.07) is 14.6. The van der Waals surface area contributed by atoms with Gasteiger partial charge >= 0.3 is 0 Å². The fraction of sp³-hybridized carbons (Fsp3) is 0.562. The summed E-state index contributed by atoms with van der Waals surface area (Å²) in [7, 11) is 0. The normalized spacial score (nSPS) is 21.0. The van der Waals surface area contributed by atoms with Gasteiger partial charge in [-0.2, -0.15) is 0 Å². The summed E-state index contributed by atoms with van der Waals surface area (Å²) in [5.74, 6) is 1.34. The molecule has 2 heterocycles. The number of Topliss-reactive ketones (excluding diaryl/α,β-unsaturated/α-hetero) is 1. The van der Waals surface area contributed by atoms with Crippen LogP contribution in [0.25, 0.3) is 0 Å². The molecule has 3 fully saturated rings. The highest BCUT2D eigenvalue weighted by atomic mass is 35.5. The Morgan fingerprint density at radius 1 is 0.846 bits per heavy atom. The number of piperidine rings is 2. The number of likely N-dealkylation sites (tertiary alicyclic amines) is 2. The van der Waals surface area contributed by atoms with E-state index in [0.29, 0.717) is 41.6 Å². The number of halogens is 1. The third-order valence-corrected chi connectivity index (χ3v) is 9.03. The SMILES string of the molecule is O=C(CC1CCN(CC2(O)CCCCC2)CC1)c1ccc(C(=O)N2CCC(Oc3ccc(Cl)cc3)CC2)cc1. The van der Waals surface area contributed by atoms with Gasteiger partial charge in [-0.15, -0.1) is 0 Å². The largest absolute Gasteiger partial charge is 0.490 e. The van der Waals surface area contributed by atoms with Crippen LogP contribution < -0.4 is 4.74 Å². The predicted octanol–water partition coefficient (Wildman–Crippen LogP) is 6.00. The highest BCUT2D eigenvalue weighted by molar-refractivity contribution is 6.30. The van der Waals surface area contributed by atoms with E-state index in [1.54, 1.807) is 24.3 Å². The van der Waals surface area contributed by atoms with Gasteiger partial charge in [0.1, 0.15) is 11.9 Å². The van der Waals surface area contributed by atoms with E-state index in [0.717, 1.165) is 76.8 Å². The highest BCUT2D eigenvalue weighted by Crippen LogP contribution is 2.31. The number of β-amino-alcohol motifs (C(OH)–C–C–N with tert-alkyl or cyclic N) is 1. The molecule has 0 radical (unpaired) electrons. The van der Waals surface area contributed by atoms with Crippen molar-refractivity contribution in [1.29, 1.82) is 0 Å². The van der Waals surface area contributed by atoms with Crippen molar-refractivity contribution in [2.24, 2.45) is 5.92 Å². The van der Waals surface area contributed by atoms with E-state index in [1.165, 1.54) is 6.42 Å². The molecule has 3 aliphatic rings. The van der Waals surface area contributed by atoms with Crippen molar-refractivity contribution in [2.45, 2.75) is 75.9 Å². The second kappa shape index (κ2) is 12.8. The number of rotatable bonds is 8. The number of aliphatic hydroxyl groups is 1. The molecule has 1 N–H and O–H groups in total. The summed E-state index contributed by atoms with van der Waals surface area (Å²) >= 11 is 5.95. The van der Waals surface area contributed by atoms with E-state index in [9.17, 15) is 14.7 Å². The minimum Gasteiger partial charge on any atom is -0.490 e. The number of benzene rings is 2. The van der Waals surface area contributed by atoms with E-state index in [2.05, 4.69) is 4.90 Å². The van der Waals surface area contributed by atoms with Crippen LogP contribution in [0, 0.1) is 5.92 Å². The molecule has 6 nitrogen and oxygen atoms in total. The highest BCUT2D eigenvalue weighted by Gasteiger charge is 2.33. The molecule has 39 heavy (non-hydrogen) atoms. The number of carbonyl (C=O) groups is 2. The van der Waals surface area contributed by atoms with E-state index in [1.807, 2.05) is 29.2 Å². The van der Waals surface area contributed by atoms with Gasteiger partial charge in [-0.3, -0.25) is 9.59 Å². The average Bonchev–Trinajstić information content (AvgIpc) is 2.96. The Hall–Kier alpha value is -2.41. The first-order valence-corrected chi connectivity index (χ1v) is 15.0. The molecule has 2 aromatic rings. The number of amides is 1. The number of hydrogen-bond acceptors (Lipinski definition) is 5. The first-order chi connectivity index (χ1) is 18.9. The van der Waals surface area contributed by atoms with Crippen molar-refractivity contribution in [3.05, 3.63) is 64.7 Å². The van der Waals surface area contributed by atoms with Crippen LogP contribution >= 0.6 is 11.6 Å². The molecule has 0 aromatic heterocycles. The molecule has 0 unspecified atom stereocenters. The van der Waals surface area contributed by atoms with Crippen LogP contribution in [0.4, 0.5) is 0 Å². The van der Waals surface area contributed by atoms with Crippen molar-refractivity contribution in [3.8, 4) is 5.75 Å². The van der Waals surface area contributed by atoms with Crippen LogP contribution in [0.3, 0.4) is 0 Å². The fourth-order valence-corrected chi connectivity index (χ4v) is 6.50. The van der Waals surface area contributed by atoms with Crippen molar-refractivity contribution in [2.75, 3.05) is 32.7 Å². The second-order valence-corrected chi connectivity index (χ2v) is 12.2. The fourth-order valence-electron chi connectivity index (χ4n) is 6.38. The minimum absolute atomic E-state index is 0.00550. The molecular weight excluding hydrogens is 512 g/mol. The quantitative estimate of drug-likeness (QED) is 0.406. The van der Waals surface area contributed by atoms with Gasteiger partial charge < -0.3 is 19.6 Å². The van der Waals surface area contributed by atoms with Crippen LogP contribution in [0.5, 0.6) is 5.75 Å². The van der Waals surface area contributed by atoms with Crippen LogP contribution in [0.2, 0.25) is 5.02 Å². The van der Waals surface area contributed by atoms with Crippen LogP contribution in [0.1, 0.15) is 84.9 Å². The molecule has 5 rings (SSSR count). The van der Waals surface area contributed by atoms with Crippen LogP contribution in [-0.2, 0) is 0 Å². The van der Waals surface area contributed by atoms with Crippen LogP contribution in [0.15, 0.2) is 48.5 Å². The number of hydrogen-bond donors (Lipinski definition) is 1. The van der Waals surface area contributed by atoms with Gasteiger partial charge in [0.25, 0.3) is 5.91 Å². The molecule has 2 saturated heterocycles. The van der Waals surface area contributed by atoms with Gasteiger partial charge in [0.2, 0.25) is 0 Å². The summed E-state index contributed by atoms with van der Waals surface area (Å²) in [4.78, 5) is 30.3. The lowest BCUT2D eigenvalue weighted by atomic mass is 9.83. The van der Waals surface area contributed by atoms with Gasteiger partial charge in [0.05, 0.1) is 5.60 Å². The lowest BCUT2D eigenvalue weighted by molar-refractivity contribution is -0.0327. The van der Waals surface area contributed by atoms with Crippen LogP contribution in [-0.4, -0.2) is 71.0 Å². The van der Waals surface area contributed by atoms with Crippen molar-refractivity contribution in [1.82, 2.24) is 9.80 Å². The molecule has 0 atom stereocenters. The molecule has 1 saturated carbocycles. The zero-order valence-electron chi connectivity index (χ0n) is 22.8. The maximum atomic E-state index is 13.1. The van der Waals surface area contributed by atoms with Crippen molar-refractivity contribution < 1.29 is 19.4 Å². The predicted molar refractivity (Wildman–Crippen MR) is 154 cm³/mol. The van der Waals surface area contributed by atoms with Crippen molar-refractivity contribution >= 4 is 23.3 Å². The number of carbonyl (C=O) groups excluding carboxylic acids is 2. The van der Waals surface area contributed by atoms with E-state index in [4.69, 9.17) is 16.3 Å². The first kappa shape index (κ1) is 28.1. The maximum Gasteiger partial charge on any atom is 0.253 e. The molecule has 7 heteroatoms. The second-order valence-electron chi connectivity index (χ2n) is 11.8. The smallest absolute Gasteiger partial charge is 0.253 e. The van der Waals surface area contributed by atoms with Gasteiger partial charge in [0.15, 0.2) is 5.78 Å². The van der Waals surface area contributed by atoms with Gasteiger partial charge in [-0.25, -0.2) is 0 Å². The number of ether oxygens (including phenoxy) is 1. The Kier molecular flexibility index (Phi) is 9.26. The van der Waals surface area contributed by atoms with Crippen molar-refractivity contribution in [3.63, 3.8) is 0 Å². The van der Waals surface area contributed by atoms with Gasteiger partial charge in [-0.05, 0) is 81.1 Å². The van der Waals surface area contributed by atoms with E-state index >= 15 is 0 Å². The molecule has 0 bridgehead atoms. The molecule has 1 amide bonds. The standard InChI is InChI=1S/C32H41ClN2O4/c33-27-8-10-28(11-9-27)39-29-14-20-35(21-15-29)31(37)26-6-4-25(5-7-26)30(36)22-24-12-18-34(19-13-24)23-32(38)16-2-1-3-17-32/h4-11,24,29,38H,1-3,12-23H2. The Bertz CT molecular complexity index is 1100. The third kappa shape index (κ3) is 7.62. The Morgan fingerprint density at radius 2 is 1.46 bits per heavy atom. The molecule has 2 aromatic carbocycles. The summed E-state index contributed by atoms with van der Waals surface area (Å²) in [5.41, 5.74) is 0.791. The third-order valence-electron chi connectivity index (χ3n) is 8.78. The summed E-state index contributed by atoms with van der Waals surface area (Å²) in [5, 5.41) is 11.6. The Balaban J connectivity index is 1.05. The average molecular weight is 553 g/mol. The first-order valence-electron chi connectivity index (χ1n) is 14.7. The van der Waals surface area contributed by atoms with Gasteiger partial charge in [-0.1, -0.05) is 43.0 Å². The monoisotopic (exact) mass is 552 g/mol. The zero-order valence-corrected chi connectivity index (χ0v) is 23.6. The lowest BCUT2D eigenvalue weighted by Crippen LogP contribution is -2.47. The summed E-state index contributed by atoms with van der Waals surface area (Å²) in [6.07, 6.45) is 9.52. The van der Waals surface area contributed by atoms with E-state index in [-0.39, 0.29) is 17.8 Å². The maximum absolute atomic E-state index is 13.1. The number of ketones is 1. The minimum atomic E-state index is -0.513. The van der Waals surface area contributed by atoms with Gasteiger partial charge in [0, 0.05) is 55.0 Å². The van der Waals surface area contributed by atoms with E-state index < -0.39 is 5.60 Å². The Labute approximate surface area is 237 Å². The zero-order chi connectivity index (χ0) is 27.2. The molecule has 0 spiro atoms. The molecule has 210 valence electrons. The summed E-state index contributed by atoms with van der Waals surface area (Å²) in [6.45, 7) is 3.97. The lowest BCUT2D eigenvalue weighted by Gasteiger charge is -2.40. The Morgan fingerprint density at radius 3 is 2.10 bits per heavy atom.